The van der Waals surface area contributed by atoms with Crippen LogP contribution < -0.4 is 4.90 Å². The van der Waals surface area contributed by atoms with Crippen LogP contribution in [0.5, 0.6) is 0 Å². The van der Waals surface area contributed by atoms with Gasteiger partial charge in [-0.05, 0) is 49.4 Å². The third-order valence-corrected chi connectivity index (χ3v) is 3.70. The van der Waals surface area contributed by atoms with Gasteiger partial charge in [-0.1, -0.05) is 11.6 Å². The Morgan fingerprint density at radius 1 is 1.45 bits per heavy atom. The van der Waals surface area contributed by atoms with Gasteiger partial charge in [-0.2, -0.15) is 0 Å². The quantitative estimate of drug-likeness (QED) is 0.835. The number of allylic oxidation sites excluding steroid dienone is 1. The van der Waals surface area contributed by atoms with E-state index < -0.39 is 0 Å². The highest BCUT2D eigenvalue weighted by Crippen LogP contribution is 2.27. The van der Waals surface area contributed by atoms with Crippen molar-refractivity contribution in [2.24, 2.45) is 4.99 Å². The van der Waals surface area contributed by atoms with Crippen LogP contribution in [0.15, 0.2) is 34.3 Å². The Labute approximate surface area is 131 Å². The molecule has 0 amide bonds. The van der Waals surface area contributed by atoms with Gasteiger partial charge in [0, 0.05) is 36.5 Å². The molecule has 0 aromatic heterocycles. The Morgan fingerprint density at radius 2 is 2.15 bits per heavy atom. The number of aryl methyl sites for hydroxylation is 1. The first kappa shape index (κ1) is 15.3. The third kappa shape index (κ3) is 3.30. The smallest absolute Gasteiger partial charge is 0.205 e. The van der Waals surface area contributed by atoms with Gasteiger partial charge in [0.25, 0.3) is 0 Å². The van der Waals surface area contributed by atoms with Gasteiger partial charge < -0.3 is 9.80 Å². The van der Waals surface area contributed by atoms with Crippen molar-refractivity contribution in [1.82, 2.24) is 4.90 Å². The standard InChI is InChI=1S/C15H20ClN3S/c1-10-5-13(16)7-14(6-10)19-9-11(2)18(4)15(19)17-8-12(3)20/h5-8,11,20H,9H2,1-4H3/b12-8+,17-15?. The number of likely N-dealkylation sites (N-methyl/N-ethyl adjacent to an activating group) is 1. The van der Waals surface area contributed by atoms with Crippen molar-refractivity contribution in [3.63, 3.8) is 0 Å². The zero-order valence-corrected chi connectivity index (χ0v) is 13.9. The number of hydrogen-bond donors (Lipinski definition) is 1. The van der Waals surface area contributed by atoms with Crippen LogP contribution >= 0.6 is 24.2 Å². The van der Waals surface area contributed by atoms with Gasteiger partial charge in [-0.15, -0.1) is 12.6 Å². The summed E-state index contributed by atoms with van der Waals surface area (Å²) in [6.07, 6.45) is 1.78. The van der Waals surface area contributed by atoms with Crippen LogP contribution in [0.2, 0.25) is 5.02 Å². The first-order chi connectivity index (χ1) is 9.38. The number of anilines is 1. The molecule has 3 nitrogen and oxygen atoms in total. The minimum atomic E-state index is 0.404. The molecule has 0 spiro atoms. The molecule has 1 aromatic rings. The van der Waals surface area contributed by atoms with Gasteiger partial charge in [-0.25, -0.2) is 4.99 Å². The van der Waals surface area contributed by atoms with Crippen LogP contribution in [0.4, 0.5) is 5.69 Å². The monoisotopic (exact) mass is 309 g/mol. The van der Waals surface area contributed by atoms with E-state index in [1.807, 2.05) is 26.0 Å². The maximum atomic E-state index is 6.17. The van der Waals surface area contributed by atoms with Crippen LogP contribution in [-0.4, -0.2) is 30.5 Å². The predicted octanol–water partition coefficient (Wildman–Crippen LogP) is 3.94. The Balaban J connectivity index is 2.42. The Kier molecular flexibility index (Phi) is 4.66. The number of benzene rings is 1. The van der Waals surface area contributed by atoms with Crippen molar-refractivity contribution in [2.45, 2.75) is 26.8 Å². The third-order valence-electron chi connectivity index (χ3n) is 3.37. The molecule has 1 aromatic carbocycles. The zero-order valence-electron chi connectivity index (χ0n) is 12.3. The molecular formula is C15H20ClN3S. The summed E-state index contributed by atoms with van der Waals surface area (Å²) < 4.78 is 0. The Hall–Kier alpha value is -1.13. The van der Waals surface area contributed by atoms with E-state index in [1.54, 1.807) is 6.20 Å². The van der Waals surface area contributed by atoms with Crippen LogP contribution in [0, 0.1) is 6.92 Å². The Morgan fingerprint density at radius 3 is 2.75 bits per heavy atom. The molecule has 0 aliphatic carbocycles. The highest BCUT2D eigenvalue weighted by molar-refractivity contribution is 7.84. The van der Waals surface area contributed by atoms with Crippen molar-refractivity contribution in [2.75, 3.05) is 18.5 Å². The Bertz CT molecular complexity index is 544. The fraction of sp³-hybridized carbons (Fsp3) is 0.400. The number of thiol groups is 1. The zero-order chi connectivity index (χ0) is 14.9. The van der Waals surface area contributed by atoms with E-state index >= 15 is 0 Å². The lowest BCUT2D eigenvalue weighted by Crippen LogP contribution is -2.32. The fourth-order valence-corrected chi connectivity index (χ4v) is 2.60. The van der Waals surface area contributed by atoms with E-state index in [-0.39, 0.29) is 0 Å². The molecule has 1 atom stereocenters. The maximum Gasteiger partial charge on any atom is 0.205 e. The molecule has 1 fully saturated rings. The summed E-state index contributed by atoms with van der Waals surface area (Å²) in [5, 5.41) is 0.752. The number of aliphatic imine (C=N–C) groups is 1. The highest BCUT2D eigenvalue weighted by Gasteiger charge is 2.30. The van der Waals surface area contributed by atoms with Gasteiger partial charge in [0.2, 0.25) is 5.96 Å². The van der Waals surface area contributed by atoms with E-state index in [9.17, 15) is 0 Å². The van der Waals surface area contributed by atoms with Gasteiger partial charge in [-0.3, -0.25) is 0 Å². The normalized spacial score (nSPS) is 22.0. The summed E-state index contributed by atoms with van der Waals surface area (Å²) in [5.74, 6) is 0.924. The minimum absolute atomic E-state index is 0.404. The van der Waals surface area contributed by atoms with E-state index in [4.69, 9.17) is 11.6 Å². The molecule has 0 saturated carbocycles. The predicted molar refractivity (Wildman–Crippen MR) is 90.9 cm³/mol. The van der Waals surface area contributed by atoms with E-state index in [1.165, 1.54) is 0 Å². The van der Waals surface area contributed by atoms with Crippen LogP contribution in [0.1, 0.15) is 19.4 Å². The highest BCUT2D eigenvalue weighted by atomic mass is 35.5. The fourth-order valence-electron chi connectivity index (χ4n) is 2.26. The van der Waals surface area contributed by atoms with Crippen LogP contribution in [-0.2, 0) is 0 Å². The van der Waals surface area contributed by atoms with E-state index in [2.05, 4.69) is 47.5 Å². The van der Waals surface area contributed by atoms with E-state index in [0.29, 0.717) is 6.04 Å². The van der Waals surface area contributed by atoms with E-state index in [0.717, 1.165) is 33.7 Å². The summed E-state index contributed by atoms with van der Waals surface area (Å²) in [6.45, 7) is 7.05. The average Bonchev–Trinajstić information content (AvgIpc) is 2.62. The summed E-state index contributed by atoms with van der Waals surface area (Å²) in [6, 6.07) is 6.47. The minimum Gasteiger partial charge on any atom is -0.341 e. The number of guanidine groups is 1. The molecule has 1 unspecified atom stereocenters. The van der Waals surface area contributed by atoms with Gasteiger partial charge >= 0.3 is 0 Å². The lowest BCUT2D eigenvalue weighted by atomic mass is 10.2. The first-order valence-electron chi connectivity index (χ1n) is 6.59. The van der Waals surface area contributed by atoms with Crippen molar-refractivity contribution in [1.29, 1.82) is 0 Å². The SMILES string of the molecule is C/C(S)=C\N=C1N(c2cc(C)cc(Cl)c2)CC(C)N1C. The molecule has 2 rings (SSSR count). The molecule has 0 radical (unpaired) electrons. The van der Waals surface area contributed by atoms with Crippen molar-refractivity contribution in [3.8, 4) is 0 Å². The number of hydrogen-bond acceptors (Lipinski definition) is 2. The second kappa shape index (κ2) is 6.10. The van der Waals surface area contributed by atoms with Crippen molar-refractivity contribution in [3.05, 3.63) is 39.9 Å². The van der Waals surface area contributed by atoms with Gasteiger partial charge in [0.1, 0.15) is 0 Å². The molecule has 108 valence electrons. The lowest BCUT2D eigenvalue weighted by molar-refractivity contribution is 0.441. The molecule has 1 saturated heterocycles. The summed E-state index contributed by atoms with van der Waals surface area (Å²) in [5.41, 5.74) is 2.23. The molecule has 1 heterocycles. The van der Waals surface area contributed by atoms with Crippen LogP contribution in [0.25, 0.3) is 0 Å². The number of halogens is 1. The van der Waals surface area contributed by atoms with Gasteiger partial charge in [0.15, 0.2) is 0 Å². The molecular weight excluding hydrogens is 290 g/mol. The van der Waals surface area contributed by atoms with Crippen molar-refractivity contribution < 1.29 is 0 Å². The molecule has 0 N–H and O–H groups in total. The molecule has 20 heavy (non-hydrogen) atoms. The molecule has 1 aliphatic heterocycles. The topological polar surface area (TPSA) is 18.8 Å². The van der Waals surface area contributed by atoms with Crippen LogP contribution in [0.3, 0.4) is 0 Å². The van der Waals surface area contributed by atoms with Crippen molar-refractivity contribution >= 4 is 35.9 Å². The molecule has 0 bridgehead atoms. The summed E-state index contributed by atoms with van der Waals surface area (Å²) in [4.78, 5) is 9.80. The second-order valence-corrected chi connectivity index (χ2v) is 6.40. The molecule has 1 aliphatic rings. The summed E-state index contributed by atoms with van der Waals surface area (Å²) >= 11 is 10.4. The summed E-state index contributed by atoms with van der Waals surface area (Å²) in [7, 11) is 2.06. The average molecular weight is 310 g/mol. The van der Waals surface area contributed by atoms with Gasteiger partial charge in [0.05, 0.1) is 0 Å². The molecule has 5 heteroatoms. The lowest BCUT2D eigenvalue weighted by Gasteiger charge is -2.21. The number of rotatable bonds is 2. The number of nitrogens with zero attached hydrogens (tertiary/aromatic N) is 3. The largest absolute Gasteiger partial charge is 0.341 e. The first-order valence-corrected chi connectivity index (χ1v) is 7.42. The second-order valence-electron chi connectivity index (χ2n) is 5.26. The maximum absolute atomic E-state index is 6.17.